The number of carboxylic acid groups (broad SMARTS) is 1. The summed E-state index contributed by atoms with van der Waals surface area (Å²) in [6, 6.07) is 17.3. The minimum Gasteiger partial charge on any atom is -0.478 e. The van der Waals surface area contributed by atoms with E-state index in [1.165, 1.54) is 5.57 Å². The molecule has 2 nitrogen and oxygen atoms in total. The van der Waals surface area contributed by atoms with E-state index in [0.717, 1.165) is 30.4 Å². The van der Waals surface area contributed by atoms with E-state index in [9.17, 15) is 4.79 Å². The summed E-state index contributed by atoms with van der Waals surface area (Å²) in [4.78, 5) is 10.9. The number of carboxylic acids is 1. The van der Waals surface area contributed by atoms with Gasteiger partial charge in [0.15, 0.2) is 0 Å². The summed E-state index contributed by atoms with van der Waals surface area (Å²) in [5.74, 6) is -0.891. The van der Waals surface area contributed by atoms with Crippen molar-refractivity contribution in [1.82, 2.24) is 0 Å². The van der Waals surface area contributed by atoms with E-state index in [1.807, 2.05) is 30.3 Å². The molecule has 0 bridgehead atoms. The number of rotatable bonds is 6. The van der Waals surface area contributed by atoms with Gasteiger partial charge in [-0.2, -0.15) is 0 Å². The maximum atomic E-state index is 10.9. The molecule has 2 rings (SSSR count). The fraction of sp³-hybridized carbons (Fsp3) is 0.211. The molecule has 0 aliphatic carbocycles. The van der Waals surface area contributed by atoms with Gasteiger partial charge < -0.3 is 5.11 Å². The number of hydrogen-bond donors (Lipinski definition) is 1. The molecule has 0 spiro atoms. The molecular weight excluding hydrogens is 260 g/mol. The Morgan fingerprint density at radius 3 is 2.10 bits per heavy atom. The lowest BCUT2D eigenvalue weighted by Gasteiger charge is -2.09. The molecule has 0 heterocycles. The number of benzene rings is 2. The zero-order chi connectivity index (χ0) is 15.1. The van der Waals surface area contributed by atoms with Gasteiger partial charge in [-0.1, -0.05) is 68.3 Å². The summed E-state index contributed by atoms with van der Waals surface area (Å²) >= 11 is 0. The molecule has 0 aliphatic heterocycles. The predicted octanol–water partition coefficient (Wildman–Crippen LogP) is 5.01. The Kier molecular flexibility index (Phi) is 5.33. The van der Waals surface area contributed by atoms with Gasteiger partial charge in [0, 0.05) is 0 Å². The molecule has 108 valence electrons. The molecule has 2 aromatic rings. The Bertz CT molecular complexity index is 610. The van der Waals surface area contributed by atoms with E-state index >= 15 is 0 Å². The number of aromatic carboxylic acids is 1. The smallest absolute Gasteiger partial charge is 0.335 e. The lowest BCUT2D eigenvalue weighted by Crippen LogP contribution is -1.96. The fourth-order valence-electron chi connectivity index (χ4n) is 2.26. The van der Waals surface area contributed by atoms with E-state index in [0.29, 0.717) is 5.56 Å². The first-order chi connectivity index (χ1) is 10.2. The zero-order valence-electron chi connectivity index (χ0n) is 12.3. The van der Waals surface area contributed by atoms with Crippen molar-refractivity contribution in [3.05, 3.63) is 77.4 Å². The first-order valence-electron chi connectivity index (χ1n) is 7.31. The molecule has 0 saturated carbocycles. The monoisotopic (exact) mass is 280 g/mol. The second kappa shape index (κ2) is 7.44. The van der Waals surface area contributed by atoms with Crippen molar-refractivity contribution >= 4 is 11.5 Å². The van der Waals surface area contributed by atoms with Gasteiger partial charge in [0.05, 0.1) is 5.56 Å². The van der Waals surface area contributed by atoms with E-state index in [4.69, 9.17) is 5.11 Å². The third-order valence-corrected chi connectivity index (χ3v) is 3.43. The highest BCUT2D eigenvalue weighted by atomic mass is 16.4. The molecule has 0 fully saturated rings. The van der Waals surface area contributed by atoms with E-state index in [2.05, 4.69) is 25.1 Å². The Balaban J connectivity index is 2.35. The third-order valence-electron chi connectivity index (χ3n) is 3.43. The van der Waals surface area contributed by atoms with Crippen LogP contribution in [0.1, 0.15) is 47.7 Å². The molecule has 0 atom stereocenters. The molecule has 0 aromatic heterocycles. The first-order valence-corrected chi connectivity index (χ1v) is 7.31. The van der Waals surface area contributed by atoms with E-state index in [1.54, 1.807) is 12.1 Å². The first kappa shape index (κ1) is 15.0. The molecule has 1 N–H and O–H groups in total. The largest absolute Gasteiger partial charge is 0.478 e. The van der Waals surface area contributed by atoms with Crippen LogP contribution >= 0.6 is 0 Å². The Labute approximate surface area is 125 Å². The fourth-order valence-corrected chi connectivity index (χ4v) is 2.26. The Hall–Kier alpha value is -2.35. The number of allylic oxidation sites excluding steroid dienone is 1. The van der Waals surface area contributed by atoms with Crippen LogP contribution in [-0.2, 0) is 0 Å². The van der Waals surface area contributed by atoms with Gasteiger partial charge in [-0.25, -0.2) is 4.79 Å². The second-order valence-electron chi connectivity index (χ2n) is 5.01. The van der Waals surface area contributed by atoms with Gasteiger partial charge >= 0.3 is 5.97 Å². The van der Waals surface area contributed by atoms with Crippen molar-refractivity contribution in [2.24, 2.45) is 0 Å². The van der Waals surface area contributed by atoms with Crippen LogP contribution < -0.4 is 0 Å². The topological polar surface area (TPSA) is 37.3 Å². The Morgan fingerprint density at radius 2 is 1.52 bits per heavy atom. The normalized spacial score (nSPS) is 11.4. The van der Waals surface area contributed by atoms with Crippen molar-refractivity contribution < 1.29 is 9.90 Å². The van der Waals surface area contributed by atoms with Crippen LogP contribution in [0.25, 0.3) is 5.57 Å². The second-order valence-corrected chi connectivity index (χ2v) is 5.01. The average molecular weight is 280 g/mol. The quantitative estimate of drug-likeness (QED) is 0.755. The highest BCUT2D eigenvalue weighted by molar-refractivity contribution is 5.89. The van der Waals surface area contributed by atoms with Crippen molar-refractivity contribution in [3.63, 3.8) is 0 Å². The lowest BCUT2D eigenvalue weighted by molar-refractivity contribution is 0.0697. The number of carbonyl (C=O) groups is 1. The standard InChI is InChI=1S/C19H20O2/c1-2-3-5-10-18(15-8-6-4-7-9-15)16-11-13-17(14-12-16)19(20)21/h4,6-14H,2-3,5H2,1H3,(H,20,21). The number of hydrogen-bond acceptors (Lipinski definition) is 1. The SMILES string of the molecule is CCCCC=C(c1ccccc1)c1ccc(C(=O)O)cc1. The van der Waals surface area contributed by atoms with Crippen molar-refractivity contribution in [3.8, 4) is 0 Å². The minimum atomic E-state index is -0.891. The molecule has 0 saturated heterocycles. The lowest BCUT2D eigenvalue weighted by atomic mass is 9.95. The van der Waals surface area contributed by atoms with Gasteiger partial charge in [0.2, 0.25) is 0 Å². The highest BCUT2D eigenvalue weighted by Crippen LogP contribution is 2.24. The summed E-state index contributed by atoms with van der Waals surface area (Å²) < 4.78 is 0. The molecule has 0 unspecified atom stereocenters. The summed E-state index contributed by atoms with van der Waals surface area (Å²) in [7, 11) is 0. The summed E-state index contributed by atoms with van der Waals surface area (Å²) in [6.45, 7) is 2.18. The van der Waals surface area contributed by atoms with Crippen LogP contribution in [0, 0.1) is 0 Å². The van der Waals surface area contributed by atoms with Crippen LogP contribution in [0.2, 0.25) is 0 Å². The Morgan fingerprint density at radius 1 is 0.952 bits per heavy atom. The highest BCUT2D eigenvalue weighted by Gasteiger charge is 2.07. The van der Waals surface area contributed by atoms with Gasteiger partial charge in [-0.05, 0) is 35.3 Å². The zero-order valence-corrected chi connectivity index (χ0v) is 12.3. The maximum Gasteiger partial charge on any atom is 0.335 e. The van der Waals surface area contributed by atoms with Crippen LogP contribution in [-0.4, -0.2) is 11.1 Å². The third kappa shape index (κ3) is 4.06. The summed E-state index contributed by atoms with van der Waals surface area (Å²) in [5.41, 5.74) is 3.71. The molecule has 0 aliphatic rings. The van der Waals surface area contributed by atoms with Crippen molar-refractivity contribution in [2.75, 3.05) is 0 Å². The molecule has 2 aromatic carbocycles. The van der Waals surface area contributed by atoms with Crippen molar-refractivity contribution in [1.29, 1.82) is 0 Å². The molecule has 21 heavy (non-hydrogen) atoms. The summed E-state index contributed by atoms with van der Waals surface area (Å²) in [6.07, 6.45) is 5.59. The van der Waals surface area contributed by atoms with Gasteiger partial charge in [-0.15, -0.1) is 0 Å². The molecule has 2 heteroatoms. The molecule has 0 radical (unpaired) electrons. The maximum absolute atomic E-state index is 10.9. The van der Waals surface area contributed by atoms with Crippen LogP contribution in [0.5, 0.6) is 0 Å². The number of unbranched alkanes of at least 4 members (excludes halogenated alkanes) is 2. The molecular formula is C19H20O2. The van der Waals surface area contributed by atoms with Gasteiger partial charge in [0.25, 0.3) is 0 Å². The predicted molar refractivity (Wildman–Crippen MR) is 86.4 cm³/mol. The van der Waals surface area contributed by atoms with E-state index in [-0.39, 0.29) is 0 Å². The van der Waals surface area contributed by atoms with Gasteiger partial charge in [0.1, 0.15) is 0 Å². The minimum absolute atomic E-state index is 0.319. The van der Waals surface area contributed by atoms with Crippen LogP contribution in [0.15, 0.2) is 60.7 Å². The summed E-state index contributed by atoms with van der Waals surface area (Å²) in [5, 5.41) is 8.99. The van der Waals surface area contributed by atoms with Crippen LogP contribution in [0.4, 0.5) is 0 Å². The van der Waals surface area contributed by atoms with Gasteiger partial charge in [-0.3, -0.25) is 0 Å². The van der Waals surface area contributed by atoms with E-state index < -0.39 is 5.97 Å². The van der Waals surface area contributed by atoms with Crippen molar-refractivity contribution in [2.45, 2.75) is 26.2 Å². The van der Waals surface area contributed by atoms with Crippen LogP contribution in [0.3, 0.4) is 0 Å². The molecule has 0 amide bonds. The average Bonchev–Trinajstić information content (AvgIpc) is 2.53.